The molecule has 1 aromatic carbocycles. The number of nitrogens with zero attached hydrogens (tertiary/aromatic N) is 1. The second-order valence-electron chi connectivity index (χ2n) is 3.28. The smallest absolute Gasteiger partial charge is 0.129 e. The van der Waals surface area contributed by atoms with Crippen molar-refractivity contribution >= 4 is 23.2 Å². The summed E-state index contributed by atoms with van der Waals surface area (Å²) in [6, 6.07) is 9.59. The van der Waals surface area contributed by atoms with Crippen LogP contribution in [0, 0.1) is 5.82 Å². The van der Waals surface area contributed by atoms with E-state index in [0.29, 0.717) is 16.7 Å². The van der Waals surface area contributed by atoms with Crippen LogP contribution in [0.15, 0.2) is 36.4 Å². The minimum atomic E-state index is -0.279. The maximum absolute atomic E-state index is 12.8. The SMILES string of the molecule is Fc1ccc(-c2nc(Cl)ccc2CCl)cc1. The van der Waals surface area contributed by atoms with Crippen molar-refractivity contribution in [2.75, 3.05) is 0 Å². The number of pyridine rings is 1. The topological polar surface area (TPSA) is 12.9 Å². The predicted octanol–water partition coefficient (Wildman–Crippen LogP) is 4.28. The highest BCUT2D eigenvalue weighted by molar-refractivity contribution is 6.29. The molecule has 0 fully saturated rings. The van der Waals surface area contributed by atoms with Crippen molar-refractivity contribution < 1.29 is 4.39 Å². The molecule has 0 aliphatic carbocycles. The van der Waals surface area contributed by atoms with Crippen molar-refractivity contribution in [2.24, 2.45) is 0 Å². The summed E-state index contributed by atoms with van der Waals surface area (Å²) >= 11 is 11.6. The molecule has 1 nitrogen and oxygen atoms in total. The highest BCUT2D eigenvalue weighted by Gasteiger charge is 2.07. The van der Waals surface area contributed by atoms with E-state index in [0.717, 1.165) is 11.1 Å². The minimum absolute atomic E-state index is 0.279. The molecule has 2 rings (SSSR count). The third kappa shape index (κ3) is 2.34. The van der Waals surface area contributed by atoms with Gasteiger partial charge in [-0.1, -0.05) is 17.7 Å². The number of hydrogen-bond donors (Lipinski definition) is 0. The number of halogens is 3. The van der Waals surface area contributed by atoms with Gasteiger partial charge in [-0.05, 0) is 35.9 Å². The molecular formula is C12H8Cl2FN. The van der Waals surface area contributed by atoms with Gasteiger partial charge < -0.3 is 0 Å². The number of benzene rings is 1. The Balaban J connectivity index is 2.53. The average molecular weight is 256 g/mol. The Morgan fingerprint density at radius 1 is 1.06 bits per heavy atom. The molecule has 0 spiro atoms. The molecule has 4 heteroatoms. The van der Waals surface area contributed by atoms with E-state index >= 15 is 0 Å². The van der Waals surface area contributed by atoms with Gasteiger partial charge >= 0.3 is 0 Å². The number of rotatable bonds is 2. The summed E-state index contributed by atoms with van der Waals surface area (Å²) in [5, 5.41) is 0.396. The second kappa shape index (κ2) is 4.81. The first kappa shape index (κ1) is 11.4. The average Bonchev–Trinajstić information content (AvgIpc) is 2.30. The molecule has 0 saturated heterocycles. The van der Waals surface area contributed by atoms with Crippen molar-refractivity contribution in [1.29, 1.82) is 0 Å². The Morgan fingerprint density at radius 2 is 1.75 bits per heavy atom. The van der Waals surface area contributed by atoms with E-state index in [1.54, 1.807) is 18.2 Å². The van der Waals surface area contributed by atoms with E-state index in [1.807, 2.05) is 6.07 Å². The summed E-state index contributed by atoms with van der Waals surface area (Å²) < 4.78 is 12.8. The van der Waals surface area contributed by atoms with Crippen molar-refractivity contribution in [3.63, 3.8) is 0 Å². The molecule has 0 aliphatic heterocycles. The summed E-state index contributed by atoms with van der Waals surface area (Å²) in [6.45, 7) is 0. The standard InChI is InChI=1S/C12H8Cl2FN/c13-7-9-3-6-11(14)16-12(9)8-1-4-10(15)5-2-8/h1-6H,7H2. The highest BCUT2D eigenvalue weighted by atomic mass is 35.5. The largest absolute Gasteiger partial charge is 0.236 e. The number of alkyl halides is 1. The Bertz CT molecular complexity index is 497. The zero-order chi connectivity index (χ0) is 11.5. The van der Waals surface area contributed by atoms with Crippen molar-refractivity contribution in [3.8, 4) is 11.3 Å². The monoisotopic (exact) mass is 255 g/mol. The lowest BCUT2D eigenvalue weighted by atomic mass is 10.1. The number of aromatic nitrogens is 1. The van der Waals surface area contributed by atoms with Crippen molar-refractivity contribution in [1.82, 2.24) is 4.98 Å². The van der Waals surface area contributed by atoms with Crippen molar-refractivity contribution in [2.45, 2.75) is 5.88 Å². The van der Waals surface area contributed by atoms with Crippen LogP contribution < -0.4 is 0 Å². The Morgan fingerprint density at radius 3 is 2.38 bits per heavy atom. The van der Waals surface area contributed by atoms with E-state index in [4.69, 9.17) is 23.2 Å². The Labute approximate surface area is 103 Å². The molecule has 0 aliphatic rings. The fourth-order valence-electron chi connectivity index (χ4n) is 1.43. The first-order valence-electron chi connectivity index (χ1n) is 4.68. The third-order valence-electron chi connectivity index (χ3n) is 2.21. The van der Waals surface area contributed by atoms with Crippen LogP contribution in [-0.2, 0) is 5.88 Å². The van der Waals surface area contributed by atoms with E-state index in [-0.39, 0.29) is 5.82 Å². The molecular weight excluding hydrogens is 248 g/mol. The fraction of sp³-hybridized carbons (Fsp3) is 0.0833. The van der Waals surface area contributed by atoms with Crippen molar-refractivity contribution in [3.05, 3.63) is 52.9 Å². The second-order valence-corrected chi connectivity index (χ2v) is 3.94. The van der Waals surface area contributed by atoms with E-state index in [9.17, 15) is 4.39 Å². The van der Waals surface area contributed by atoms with Crippen LogP contribution in [0.25, 0.3) is 11.3 Å². The van der Waals surface area contributed by atoms with Gasteiger partial charge in [0.25, 0.3) is 0 Å². The van der Waals surface area contributed by atoms with Crippen LogP contribution in [0.2, 0.25) is 5.15 Å². The summed E-state index contributed by atoms with van der Waals surface area (Å²) in [5.74, 6) is 0.0647. The molecule has 0 radical (unpaired) electrons. The zero-order valence-corrected chi connectivity index (χ0v) is 9.76. The maximum atomic E-state index is 12.8. The van der Waals surface area contributed by atoms with Gasteiger partial charge in [-0.25, -0.2) is 9.37 Å². The molecule has 0 saturated carbocycles. The van der Waals surface area contributed by atoms with E-state index in [1.165, 1.54) is 12.1 Å². The molecule has 1 aromatic heterocycles. The van der Waals surface area contributed by atoms with Gasteiger partial charge in [0.15, 0.2) is 0 Å². The van der Waals surface area contributed by atoms with Crippen LogP contribution in [0.1, 0.15) is 5.56 Å². The fourth-order valence-corrected chi connectivity index (χ4v) is 1.79. The van der Waals surface area contributed by atoms with Crippen LogP contribution in [0.5, 0.6) is 0 Å². The maximum Gasteiger partial charge on any atom is 0.129 e. The lowest BCUT2D eigenvalue weighted by Crippen LogP contribution is -1.91. The quantitative estimate of drug-likeness (QED) is 0.577. The van der Waals surface area contributed by atoms with Gasteiger partial charge in [0.1, 0.15) is 11.0 Å². The van der Waals surface area contributed by atoms with Gasteiger partial charge in [-0.2, -0.15) is 0 Å². The molecule has 0 N–H and O–H groups in total. The summed E-state index contributed by atoms with van der Waals surface area (Å²) in [6.07, 6.45) is 0. The number of hydrogen-bond acceptors (Lipinski definition) is 1. The van der Waals surface area contributed by atoms with E-state index in [2.05, 4.69) is 4.98 Å². The summed E-state index contributed by atoms with van der Waals surface area (Å²) in [4.78, 5) is 4.20. The predicted molar refractivity (Wildman–Crippen MR) is 64.2 cm³/mol. The molecule has 2 aromatic rings. The Kier molecular flexibility index (Phi) is 3.42. The minimum Gasteiger partial charge on any atom is -0.236 e. The van der Waals surface area contributed by atoms with Crippen LogP contribution >= 0.6 is 23.2 Å². The van der Waals surface area contributed by atoms with Gasteiger partial charge in [0.05, 0.1) is 5.69 Å². The molecule has 16 heavy (non-hydrogen) atoms. The molecule has 82 valence electrons. The molecule has 1 heterocycles. The summed E-state index contributed by atoms with van der Waals surface area (Å²) in [7, 11) is 0. The highest BCUT2D eigenvalue weighted by Crippen LogP contribution is 2.25. The van der Waals surface area contributed by atoms with E-state index < -0.39 is 0 Å². The van der Waals surface area contributed by atoms with Crippen LogP contribution in [-0.4, -0.2) is 4.98 Å². The van der Waals surface area contributed by atoms with Crippen LogP contribution in [0.4, 0.5) is 4.39 Å². The molecule has 0 unspecified atom stereocenters. The van der Waals surface area contributed by atoms with Crippen LogP contribution in [0.3, 0.4) is 0 Å². The molecule has 0 bridgehead atoms. The summed E-state index contributed by atoms with van der Waals surface area (Å²) in [5.41, 5.74) is 2.37. The lowest BCUT2D eigenvalue weighted by Gasteiger charge is -2.06. The van der Waals surface area contributed by atoms with Gasteiger partial charge in [0.2, 0.25) is 0 Å². The van der Waals surface area contributed by atoms with Gasteiger partial charge in [-0.15, -0.1) is 11.6 Å². The zero-order valence-electron chi connectivity index (χ0n) is 8.25. The van der Waals surface area contributed by atoms with Gasteiger partial charge in [-0.3, -0.25) is 0 Å². The first-order chi connectivity index (χ1) is 7.70. The molecule has 0 atom stereocenters. The third-order valence-corrected chi connectivity index (χ3v) is 2.70. The first-order valence-corrected chi connectivity index (χ1v) is 5.59. The normalized spacial score (nSPS) is 10.4. The van der Waals surface area contributed by atoms with Gasteiger partial charge in [0, 0.05) is 11.4 Å². The lowest BCUT2D eigenvalue weighted by molar-refractivity contribution is 0.628. The Hall–Kier alpha value is -1.12. The molecule has 0 amide bonds.